The van der Waals surface area contributed by atoms with Gasteiger partial charge in [-0.25, -0.2) is 0 Å². The Labute approximate surface area is 73.0 Å². The molecule has 1 unspecified atom stereocenters. The Morgan fingerprint density at radius 2 is 2.17 bits per heavy atom. The van der Waals surface area contributed by atoms with Gasteiger partial charge in [0.2, 0.25) is 0 Å². The standard InChI is InChI=1S/C9H16O3/c1-11-9(12-2)6-4-7-3-5-8(7)10/h7,9H,3-6H2,1-2H3. The van der Waals surface area contributed by atoms with E-state index in [1.54, 1.807) is 14.2 Å². The van der Waals surface area contributed by atoms with Crippen LogP contribution in [0.3, 0.4) is 0 Å². The van der Waals surface area contributed by atoms with Crippen LogP contribution in [0, 0.1) is 5.92 Å². The third-order valence-electron chi connectivity index (χ3n) is 2.47. The monoisotopic (exact) mass is 172 g/mol. The highest BCUT2D eigenvalue weighted by molar-refractivity contribution is 5.86. The van der Waals surface area contributed by atoms with Crippen LogP contribution in [0.2, 0.25) is 0 Å². The average Bonchev–Trinajstić information content (AvgIpc) is 2.10. The maximum absolute atomic E-state index is 10.9. The molecule has 0 saturated heterocycles. The molecule has 1 fully saturated rings. The van der Waals surface area contributed by atoms with Gasteiger partial charge in [0.15, 0.2) is 6.29 Å². The molecule has 1 aliphatic rings. The fraction of sp³-hybridized carbons (Fsp3) is 0.889. The van der Waals surface area contributed by atoms with Crippen molar-refractivity contribution in [1.29, 1.82) is 0 Å². The van der Waals surface area contributed by atoms with E-state index in [2.05, 4.69) is 0 Å². The number of carbonyl (C=O) groups is 1. The molecule has 0 bridgehead atoms. The Bertz CT molecular complexity index is 152. The first-order chi connectivity index (χ1) is 5.77. The lowest BCUT2D eigenvalue weighted by atomic mass is 9.80. The molecule has 0 aromatic heterocycles. The van der Waals surface area contributed by atoms with Gasteiger partial charge in [0, 0.05) is 26.6 Å². The molecule has 0 spiro atoms. The molecule has 0 aromatic rings. The summed E-state index contributed by atoms with van der Waals surface area (Å²) in [5, 5.41) is 0. The Morgan fingerprint density at radius 1 is 1.50 bits per heavy atom. The minimum absolute atomic E-state index is 0.140. The minimum atomic E-state index is -0.140. The van der Waals surface area contributed by atoms with Gasteiger partial charge in [0.1, 0.15) is 5.78 Å². The lowest BCUT2D eigenvalue weighted by Gasteiger charge is -2.25. The van der Waals surface area contributed by atoms with E-state index in [9.17, 15) is 4.79 Å². The van der Waals surface area contributed by atoms with Crippen molar-refractivity contribution in [3.63, 3.8) is 0 Å². The number of hydrogen-bond donors (Lipinski definition) is 0. The second kappa shape index (κ2) is 4.58. The number of Topliss-reactive ketones (excluding diaryl/α,β-unsaturated/α-hetero) is 1. The normalized spacial score (nSPS) is 22.9. The molecule has 0 amide bonds. The second-order valence-corrected chi connectivity index (χ2v) is 3.18. The molecule has 0 heterocycles. The Balaban J connectivity index is 2.11. The zero-order valence-electron chi connectivity index (χ0n) is 7.71. The summed E-state index contributed by atoms with van der Waals surface area (Å²) in [5.41, 5.74) is 0. The lowest BCUT2D eigenvalue weighted by molar-refractivity contribution is -0.132. The highest BCUT2D eigenvalue weighted by atomic mass is 16.7. The third kappa shape index (κ3) is 2.29. The fourth-order valence-corrected chi connectivity index (χ4v) is 1.44. The van der Waals surface area contributed by atoms with E-state index in [1.165, 1.54) is 0 Å². The summed E-state index contributed by atoms with van der Waals surface area (Å²) < 4.78 is 10.0. The van der Waals surface area contributed by atoms with E-state index in [4.69, 9.17) is 9.47 Å². The van der Waals surface area contributed by atoms with E-state index in [0.717, 1.165) is 25.7 Å². The summed E-state index contributed by atoms with van der Waals surface area (Å²) in [5.74, 6) is 0.693. The number of carbonyl (C=O) groups excluding carboxylic acids is 1. The molecule has 1 atom stereocenters. The molecule has 0 radical (unpaired) electrons. The minimum Gasteiger partial charge on any atom is -0.356 e. The van der Waals surface area contributed by atoms with Gasteiger partial charge in [-0.15, -0.1) is 0 Å². The van der Waals surface area contributed by atoms with Gasteiger partial charge in [-0.3, -0.25) is 4.79 Å². The maximum Gasteiger partial charge on any atom is 0.156 e. The number of ether oxygens (including phenoxy) is 2. The first kappa shape index (κ1) is 9.68. The predicted molar refractivity (Wildman–Crippen MR) is 44.8 cm³/mol. The summed E-state index contributed by atoms with van der Waals surface area (Å²) in [4.78, 5) is 10.9. The number of rotatable bonds is 5. The molecule has 0 N–H and O–H groups in total. The number of methoxy groups -OCH3 is 2. The third-order valence-corrected chi connectivity index (χ3v) is 2.47. The van der Waals surface area contributed by atoms with Crippen LogP contribution in [0.5, 0.6) is 0 Å². The van der Waals surface area contributed by atoms with Crippen molar-refractivity contribution in [3.8, 4) is 0 Å². The van der Waals surface area contributed by atoms with Gasteiger partial charge in [-0.2, -0.15) is 0 Å². The van der Waals surface area contributed by atoms with Gasteiger partial charge in [-0.05, 0) is 19.3 Å². The van der Waals surface area contributed by atoms with Crippen LogP contribution in [0.4, 0.5) is 0 Å². The highest BCUT2D eigenvalue weighted by Crippen LogP contribution is 2.27. The zero-order chi connectivity index (χ0) is 8.97. The highest BCUT2D eigenvalue weighted by Gasteiger charge is 2.28. The number of ketones is 1. The van der Waals surface area contributed by atoms with Crippen LogP contribution < -0.4 is 0 Å². The first-order valence-electron chi connectivity index (χ1n) is 4.36. The topological polar surface area (TPSA) is 35.5 Å². The SMILES string of the molecule is COC(CCC1CCC1=O)OC. The van der Waals surface area contributed by atoms with Crippen molar-refractivity contribution >= 4 is 5.78 Å². The molecule has 1 saturated carbocycles. The van der Waals surface area contributed by atoms with Gasteiger partial charge in [0.25, 0.3) is 0 Å². The van der Waals surface area contributed by atoms with Crippen molar-refractivity contribution in [3.05, 3.63) is 0 Å². The van der Waals surface area contributed by atoms with Gasteiger partial charge < -0.3 is 9.47 Å². The van der Waals surface area contributed by atoms with Crippen molar-refractivity contribution in [2.75, 3.05) is 14.2 Å². The largest absolute Gasteiger partial charge is 0.356 e. The summed E-state index contributed by atoms with van der Waals surface area (Å²) >= 11 is 0. The van der Waals surface area contributed by atoms with Crippen molar-refractivity contribution in [2.45, 2.75) is 32.0 Å². The lowest BCUT2D eigenvalue weighted by Crippen LogP contribution is -2.27. The van der Waals surface area contributed by atoms with Crippen molar-refractivity contribution in [1.82, 2.24) is 0 Å². The first-order valence-corrected chi connectivity index (χ1v) is 4.36. The molecule has 3 heteroatoms. The van der Waals surface area contributed by atoms with Crippen LogP contribution in [0.1, 0.15) is 25.7 Å². The van der Waals surface area contributed by atoms with E-state index < -0.39 is 0 Å². The van der Waals surface area contributed by atoms with Crippen LogP contribution in [0.15, 0.2) is 0 Å². The molecule has 1 aliphatic carbocycles. The summed E-state index contributed by atoms with van der Waals surface area (Å²) in [6.07, 6.45) is 3.42. The molecule has 0 aliphatic heterocycles. The Morgan fingerprint density at radius 3 is 2.50 bits per heavy atom. The molecule has 70 valence electrons. The van der Waals surface area contributed by atoms with Crippen LogP contribution in [-0.4, -0.2) is 26.3 Å². The van der Waals surface area contributed by atoms with Crippen molar-refractivity contribution in [2.24, 2.45) is 5.92 Å². The number of hydrogen-bond acceptors (Lipinski definition) is 3. The molecule has 1 rings (SSSR count). The summed E-state index contributed by atoms with van der Waals surface area (Å²) in [7, 11) is 3.24. The van der Waals surface area contributed by atoms with Gasteiger partial charge in [0.05, 0.1) is 0 Å². The van der Waals surface area contributed by atoms with Crippen LogP contribution >= 0.6 is 0 Å². The van der Waals surface area contributed by atoms with E-state index in [0.29, 0.717) is 5.78 Å². The summed E-state index contributed by atoms with van der Waals surface area (Å²) in [6, 6.07) is 0. The van der Waals surface area contributed by atoms with Crippen molar-refractivity contribution < 1.29 is 14.3 Å². The van der Waals surface area contributed by atoms with Gasteiger partial charge in [-0.1, -0.05) is 0 Å². The van der Waals surface area contributed by atoms with E-state index >= 15 is 0 Å². The smallest absolute Gasteiger partial charge is 0.156 e. The second-order valence-electron chi connectivity index (χ2n) is 3.18. The summed E-state index contributed by atoms with van der Waals surface area (Å²) in [6.45, 7) is 0. The fourth-order valence-electron chi connectivity index (χ4n) is 1.44. The molecular formula is C9H16O3. The zero-order valence-corrected chi connectivity index (χ0v) is 7.71. The van der Waals surface area contributed by atoms with Crippen LogP contribution in [-0.2, 0) is 14.3 Å². The molecular weight excluding hydrogens is 156 g/mol. The average molecular weight is 172 g/mol. The van der Waals surface area contributed by atoms with Gasteiger partial charge >= 0.3 is 0 Å². The van der Waals surface area contributed by atoms with E-state index in [-0.39, 0.29) is 12.2 Å². The van der Waals surface area contributed by atoms with E-state index in [1.807, 2.05) is 0 Å². The molecule has 12 heavy (non-hydrogen) atoms. The molecule has 3 nitrogen and oxygen atoms in total. The predicted octanol–water partition coefficient (Wildman–Crippen LogP) is 1.36. The maximum atomic E-state index is 10.9. The quantitative estimate of drug-likeness (QED) is 0.587. The Hall–Kier alpha value is -0.410. The molecule has 0 aromatic carbocycles. The Kier molecular flexibility index (Phi) is 3.69. The van der Waals surface area contributed by atoms with Crippen LogP contribution in [0.25, 0.3) is 0 Å².